The predicted molar refractivity (Wildman–Crippen MR) is 126 cm³/mol. The second-order valence-corrected chi connectivity index (χ2v) is 7.93. The van der Waals surface area contributed by atoms with Crippen LogP contribution >= 0.6 is 11.6 Å². The fourth-order valence-electron chi connectivity index (χ4n) is 3.32. The summed E-state index contributed by atoms with van der Waals surface area (Å²) in [5.74, 6) is -0.545. The van der Waals surface area contributed by atoms with Crippen LogP contribution in [0.1, 0.15) is 16.7 Å². The molecule has 154 valence electrons. The van der Waals surface area contributed by atoms with E-state index < -0.39 is 0 Å². The highest BCUT2D eigenvalue weighted by atomic mass is 35.5. The van der Waals surface area contributed by atoms with Crippen LogP contribution in [0, 0.1) is 13.8 Å². The van der Waals surface area contributed by atoms with Gasteiger partial charge in [0.1, 0.15) is 0 Å². The molecule has 0 saturated heterocycles. The summed E-state index contributed by atoms with van der Waals surface area (Å²) in [7, 11) is 0. The molecule has 31 heavy (non-hydrogen) atoms. The molecule has 4 nitrogen and oxygen atoms in total. The molecule has 0 fully saturated rings. The lowest BCUT2D eigenvalue weighted by Crippen LogP contribution is -2.26. The molecule has 0 atom stereocenters. The first-order valence-corrected chi connectivity index (χ1v) is 10.3. The number of rotatable bonds is 5. The van der Waals surface area contributed by atoms with E-state index in [-0.39, 0.29) is 23.0 Å². The number of carbonyl (C=O) groups excluding carboxylic acids is 2. The summed E-state index contributed by atoms with van der Waals surface area (Å²) in [6.45, 7) is 3.98. The minimum atomic E-state index is -0.278. The Morgan fingerprint density at radius 1 is 0.677 bits per heavy atom. The first kappa shape index (κ1) is 20.6. The van der Waals surface area contributed by atoms with E-state index in [9.17, 15) is 9.59 Å². The predicted octanol–water partition coefficient (Wildman–Crippen LogP) is 5.93. The zero-order valence-electron chi connectivity index (χ0n) is 17.2. The lowest BCUT2D eigenvalue weighted by molar-refractivity contribution is -0.114. The molecule has 4 rings (SSSR count). The zero-order chi connectivity index (χ0) is 22.0. The fraction of sp³-hybridized carbons (Fsp3) is 0.0769. The number of benzene rings is 3. The van der Waals surface area contributed by atoms with E-state index in [0.29, 0.717) is 16.2 Å². The molecule has 0 aromatic heterocycles. The van der Waals surface area contributed by atoms with Crippen molar-refractivity contribution in [3.05, 3.63) is 112 Å². The Bertz CT molecular complexity index is 1210. The number of aryl methyl sites for hydroxylation is 2. The van der Waals surface area contributed by atoms with Crippen molar-refractivity contribution < 1.29 is 9.59 Å². The van der Waals surface area contributed by atoms with Crippen LogP contribution in [-0.4, -0.2) is 11.6 Å². The van der Waals surface area contributed by atoms with Crippen molar-refractivity contribution in [3.63, 3.8) is 0 Å². The Kier molecular flexibility index (Phi) is 5.74. The number of halogens is 1. The third-order valence-corrected chi connectivity index (χ3v) is 5.28. The number of anilines is 2. The molecule has 3 aromatic rings. The van der Waals surface area contributed by atoms with Gasteiger partial charge in [-0.05, 0) is 55.8 Å². The Morgan fingerprint density at radius 3 is 1.74 bits per heavy atom. The topological polar surface area (TPSA) is 58.2 Å². The SMILES string of the molecule is Cc1ccc(NC2=CC(=O)C(Nc3ccc(C)cc3)=C(c3ccc(Cl)cc3)C2=O)cc1. The molecule has 0 spiro atoms. The Labute approximate surface area is 186 Å². The average Bonchev–Trinajstić information content (AvgIpc) is 2.76. The molecule has 0 amide bonds. The second kappa shape index (κ2) is 8.62. The van der Waals surface area contributed by atoms with Crippen LogP contribution < -0.4 is 10.6 Å². The maximum Gasteiger partial charge on any atom is 0.212 e. The number of Topliss-reactive ketones (excluding diaryl/α,β-unsaturated/α-hetero) is 1. The highest BCUT2D eigenvalue weighted by Crippen LogP contribution is 2.30. The largest absolute Gasteiger partial charge is 0.352 e. The van der Waals surface area contributed by atoms with Gasteiger partial charge in [0.2, 0.25) is 11.6 Å². The lowest BCUT2D eigenvalue weighted by atomic mass is 9.91. The highest BCUT2D eigenvalue weighted by Gasteiger charge is 2.30. The Balaban J connectivity index is 1.75. The Hall–Kier alpha value is -3.63. The minimum Gasteiger partial charge on any atom is -0.352 e. The van der Waals surface area contributed by atoms with Gasteiger partial charge in [0, 0.05) is 22.5 Å². The van der Waals surface area contributed by atoms with Gasteiger partial charge in [-0.1, -0.05) is 59.1 Å². The van der Waals surface area contributed by atoms with Crippen LogP contribution in [0.5, 0.6) is 0 Å². The lowest BCUT2D eigenvalue weighted by Gasteiger charge is -2.21. The van der Waals surface area contributed by atoms with Crippen molar-refractivity contribution in [1.29, 1.82) is 0 Å². The van der Waals surface area contributed by atoms with Crippen molar-refractivity contribution in [2.45, 2.75) is 13.8 Å². The van der Waals surface area contributed by atoms with Gasteiger partial charge in [-0.2, -0.15) is 0 Å². The molecule has 3 aromatic carbocycles. The van der Waals surface area contributed by atoms with Gasteiger partial charge in [-0.25, -0.2) is 0 Å². The molecule has 0 saturated carbocycles. The first-order chi connectivity index (χ1) is 14.9. The molecular weight excluding hydrogens is 408 g/mol. The smallest absolute Gasteiger partial charge is 0.212 e. The van der Waals surface area contributed by atoms with E-state index in [1.54, 1.807) is 24.3 Å². The van der Waals surface area contributed by atoms with Crippen LogP contribution in [-0.2, 0) is 9.59 Å². The van der Waals surface area contributed by atoms with E-state index >= 15 is 0 Å². The summed E-state index contributed by atoms with van der Waals surface area (Å²) in [4.78, 5) is 26.6. The molecule has 5 heteroatoms. The van der Waals surface area contributed by atoms with Crippen LogP contribution in [0.3, 0.4) is 0 Å². The van der Waals surface area contributed by atoms with E-state index in [0.717, 1.165) is 22.5 Å². The minimum absolute atomic E-state index is 0.230. The molecule has 2 N–H and O–H groups in total. The van der Waals surface area contributed by atoms with Gasteiger partial charge in [0.25, 0.3) is 0 Å². The number of hydrogen-bond donors (Lipinski definition) is 2. The van der Waals surface area contributed by atoms with Crippen molar-refractivity contribution in [2.75, 3.05) is 10.6 Å². The third kappa shape index (κ3) is 4.60. The van der Waals surface area contributed by atoms with Gasteiger partial charge in [0.05, 0.1) is 17.0 Å². The summed E-state index contributed by atoms with van der Waals surface area (Å²) < 4.78 is 0. The van der Waals surface area contributed by atoms with Gasteiger partial charge < -0.3 is 10.6 Å². The average molecular weight is 429 g/mol. The maximum atomic E-state index is 13.5. The van der Waals surface area contributed by atoms with Gasteiger partial charge >= 0.3 is 0 Å². The van der Waals surface area contributed by atoms with Crippen molar-refractivity contribution >= 4 is 40.1 Å². The maximum absolute atomic E-state index is 13.5. The monoisotopic (exact) mass is 428 g/mol. The summed E-state index contributed by atoms with van der Waals surface area (Å²) in [6.07, 6.45) is 1.35. The molecule has 0 heterocycles. The van der Waals surface area contributed by atoms with Gasteiger partial charge in [0.15, 0.2) is 0 Å². The van der Waals surface area contributed by atoms with Crippen molar-refractivity contribution in [3.8, 4) is 0 Å². The normalized spacial score (nSPS) is 13.8. The molecule has 0 radical (unpaired) electrons. The zero-order valence-corrected chi connectivity index (χ0v) is 18.0. The molecule has 0 unspecified atom stereocenters. The quantitative estimate of drug-likeness (QED) is 0.494. The molecule has 1 aliphatic carbocycles. The summed E-state index contributed by atoms with van der Waals surface area (Å²) in [6, 6.07) is 22.2. The van der Waals surface area contributed by atoms with Gasteiger partial charge in [-0.15, -0.1) is 0 Å². The fourth-order valence-corrected chi connectivity index (χ4v) is 3.45. The van der Waals surface area contributed by atoms with E-state index in [2.05, 4.69) is 10.6 Å². The Morgan fingerprint density at radius 2 is 1.19 bits per heavy atom. The summed E-state index contributed by atoms with van der Waals surface area (Å²) in [5, 5.41) is 6.80. The van der Waals surface area contributed by atoms with Crippen molar-refractivity contribution in [2.24, 2.45) is 0 Å². The third-order valence-electron chi connectivity index (χ3n) is 5.03. The number of carbonyl (C=O) groups is 2. The van der Waals surface area contributed by atoms with E-state index in [4.69, 9.17) is 11.6 Å². The van der Waals surface area contributed by atoms with E-state index in [1.807, 2.05) is 62.4 Å². The van der Waals surface area contributed by atoms with Crippen molar-refractivity contribution in [1.82, 2.24) is 0 Å². The molecule has 1 aliphatic rings. The van der Waals surface area contributed by atoms with E-state index in [1.165, 1.54) is 6.08 Å². The second-order valence-electron chi connectivity index (χ2n) is 7.49. The highest BCUT2D eigenvalue weighted by molar-refractivity contribution is 6.39. The van der Waals surface area contributed by atoms with Crippen LogP contribution in [0.2, 0.25) is 5.02 Å². The van der Waals surface area contributed by atoms with Crippen LogP contribution in [0.25, 0.3) is 5.57 Å². The first-order valence-electron chi connectivity index (χ1n) is 9.89. The van der Waals surface area contributed by atoms with Gasteiger partial charge in [-0.3, -0.25) is 9.59 Å². The number of nitrogens with one attached hydrogen (secondary N) is 2. The summed E-state index contributed by atoms with van der Waals surface area (Å²) in [5.41, 5.74) is 5.08. The number of ketones is 2. The standard InChI is InChI=1S/C26H21ClN2O2/c1-16-3-11-20(12-4-16)28-22-15-23(30)25(29-21-13-5-17(2)6-14-21)24(26(22)31)18-7-9-19(27)10-8-18/h3-15,28-29H,1-2H3. The number of allylic oxidation sites excluding steroid dienone is 2. The molecule has 0 bridgehead atoms. The molecular formula is C26H21ClN2O2. The van der Waals surface area contributed by atoms with Crippen LogP contribution in [0.15, 0.2) is 90.3 Å². The van der Waals surface area contributed by atoms with Crippen LogP contribution in [0.4, 0.5) is 11.4 Å². The number of hydrogen-bond acceptors (Lipinski definition) is 4. The molecule has 0 aliphatic heterocycles. The summed E-state index contributed by atoms with van der Waals surface area (Å²) >= 11 is 6.04.